The SMILES string of the molecule is CCOCCCNC(=NCc1ccc(OC)cc1)NCc1nnc2n1CCCCC2. The Morgan fingerprint density at radius 2 is 2.00 bits per heavy atom. The normalized spacial score (nSPS) is 14.1. The molecule has 1 aromatic heterocycles. The van der Waals surface area contributed by atoms with Crippen molar-refractivity contribution in [3.63, 3.8) is 0 Å². The van der Waals surface area contributed by atoms with Crippen LogP contribution in [0, 0.1) is 0 Å². The maximum absolute atomic E-state index is 5.43. The van der Waals surface area contributed by atoms with Gasteiger partial charge in [0.2, 0.25) is 0 Å². The van der Waals surface area contributed by atoms with Gasteiger partial charge < -0.3 is 24.7 Å². The Morgan fingerprint density at radius 3 is 2.80 bits per heavy atom. The van der Waals surface area contributed by atoms with Gasteiger partial charge in [-0.1, -0.05) is 18.6 Å². The second-order valence-electron chi connectivity index (χ2n) is 7.34. The van der Waals surface area contributed by atoms with Crippen LogP contribution in [0.3, 0.4) is 0 Å². The summed E-state index contributed by atoms with van der Waals surface area (Å²) in [6, 6.07) is 7.98. The van der Waals surface area contributed by atoms with Crippen molar-refractivity contribution in [2.24, 2.45) is 4.99 Å². The molecule has 2 heterocycles. The van der Waals surface area contributed by atoms with Gasteiger partial charge in [0.05, 0.1) is 20.2 Å². The fourth-order valence-corrected chi connectivity index (χ4v) is 3.44. The van der Waals surface area contributed by atoms with Crippen molar-refractivity contribution in [3.8, 4) is 5.75 Å². The van der Waals surface area contributed by atoms with Gasteiger partial charge in [-0.05, 0) is 43.9 Å². The van der Waals surface area contributed by atoms with Crippen LogP contribution in [0.2, 0.25) is 0 Å². The van der Waals surface area contributed by atoms with E-state index >= 15 is 0 Å². The van der Waals surface area contributed by atoms with Gasteiger partial charge >= 0.3 is 0 Å². The molecule has 1 aliphatic heterocycles. The van der Waals surface area contributed by atoms with E-state index in [1.54, 1.807) is 7.11 Å². The third kappa shape index (κ3) is 6.73. The third-order valence-electron chi connectivity index (χ3n) is 5.14. The molecule has 0 bridgehead atoms. The Labute approximate surface area is 179 Å². The molecular weight excluding hydrogens is 380 g/mol. The number of hydrogen-bond donors (Lipinski definition) is 2. The number of methoxy groups -OCH3 is 1. The van der Waals surface area contributed by atoms with Crippen LogP contribution in [0.25, 0.3) is 0 Å². The van der Waals surface area contributed by atoms with Crippen LogP contribution in [0.5, 0.6) is 5.75 Å². The van der Waals surface area contributed by atoms with Crippen LogP contribution in [-0.2, 0) is 30.8 Å². The molecule has 2 N–H and O–H groups in total. The highest BCUT2D eigenvalue weighted by Crippen LogP contribution is 2.14. The highest BCUT2D eigenvalue weighted by Gasteiger charge is 2.14. The lowest BCUT2D eigenvalue weighted by molar-refractivity contribution is 0.145. The van der Waals surface area contributed by atoms with Gasteiger partial charge in [0.1, 0.15) is 11.6 Å². The summed E-state index contributed by atoms with van der Waals surface area (Å²) in [5.41, 5.74) is 1.13. The van der Waals surface area contributed by atoms with Gasteiger partial charge in [0.25, 0.3) is 0 Å². The Balaban J connectivity index is 1.60. The molecule has 0 spiro atoms. The zero-order valence-corrected chi connectivity index (χ0v) is 18.2. The van der Waals surface area contributed by atoms with Crippen molar-refractivity contribution in [2.75, 3.05) is 26.9 Å². The predicted octanol–water partition coefficient (Wildman–Crippen LogP) is 2.68. The Morgan fingerprint density at radius 1 is 1.13 bits per heavy atom. The first-order valence-corrected chi connectivity index (χ1v) is 10.9. The number of guanidine groups is 1. The average molecular weight is 415 g/mol. The van der Waals surface area contributed by atoms with Crippen LogP contribution in [0.15, 0.2) is 29.3 Å². The lowest BCUT2D eigenvalue weighted by Crippen LogP contribution is -2.38. The summed E-state index contributed by atoms with van der Waals surface area (Å²) in [6.45, 7) is 6.49. The van der Waals surface area contributed by atoms with Crippen LogP contribution < -0.4 is 15.4 Å². The molecule has 164 valence electrons. The van der Waals surface area contributed by atoms with Gasteiger partial charge in [0, 0.05) is 32.7 Å². The molecule has 30 heavy (non-hydrogen) atoms. The van der Waals surface area contributed by atoms with E-state index in [2.05, 4.69) is 25.4 Å². The number of ether oxygens (including phenoxy) is 2. The number of fused-ring (bicyclic) bond motifs is 1. The zero-order valence-electron chi connectivity index (χ0n) is 18.2. The van der Waals surface area contributed by atoms with Gasteiger partial charge in [-0.15, -0.1) is 10.2 Å². The molecule has 0 aliphatic carbocycles. The summed E-state index contributed by atoms with van der Waals surface area (Å²) in [4.78, 5) is 4.75. The summed E-state index contributed by atoms with van der Waals surface area (Å²) in [6.07, 6.45) is 5.58. The first-order valence-electron chi connectivity index (χ1n) is 10.9. The molecule has 0 saturated carbocycles. The van der Waals surface area contributed by atoms with Gasteiger partial charge in [0.15, 0.2) is 11.8 Å². The Kier molecular flexibility index (Phi) is 8.96. The van der Waals surface area contributed by atoms with Crippen molar-refractivity contribution in [1.29, 1.82) is 0 Å². The molecule has 0 unspecified atom stereocenters. The van der Waals surface area contributed by atoms with E-state index in [1.807, 2.05) is 31.2 Å². The maximum Gasteiger partial charge on any atom is 0.191 e. The van der Waals surface area contributed by atoms with Crippen LogP contribution in [0.4, 0.5) is 0 Å². The van der Waals surface area contributed by atoms with E-state index < -0.39 is 0 Å². The molecule has 0 amide bonds. The average Bonchev–Trinajstić information content (AvgIpc) is 3.01. The number of aliphatic imine (C=N–C) groups is 1. The number of aromatic nitrogens is 3. The summed E-state index contributed by atoms with van der Waals surface area (Å²) >= 11 is 0. The minimum atomic E-state index is 0.586. The Bertz CT molecular complexity index is 787. The number of aryl methyl sites for hydroxylation is 1. The molecule has 8 nitrogen and oxygen atoms in total. The van der Waals surface area contributed by atoms with E-state index in [4.69, 9.17) is 14.5 Å². The highest BCUT2D eigenvalue weighted by molar-refractivity contribution is 5.79. The second-order valence-corrected chi connectivity index (χ2v) is 7.34. The van der Waals surface area contributed by atoms with Gasteiger partial charge in [-0.3, -0.25) is 0 Å². The minimum Gasteiger partial charge on any atom is -0.497 e. The summed E-state index contributed by atoms with van der Waals surface area (Å²) in [5, 5.41) is 15.6. The minimum absolute atomic E-state index is 0.586. The molecule has 1 aromatic carbocycles. The van der Waals surface area contributed by atoms with Gasteiger partial charge in [-0.2, -0.15) is 0 Å². The summed E-state index contributed by atoms with van der Waals surface area (Å²) in [5.74, 6) is 3.70. The zero-order chi connectivity index (χ0) is 21.0. The summed E-state index contributed by atoms with van der Waals surface area (Å²) in [7, 11) is 1.67. The fourth-order valence-electron chi connectivity index (χ4n) is 3.44. The largest absolute Gasteiger partial charge is 0.497 e. The fraction of sp³-hybridized carbons (Fsp3) is 0.591. The van der Waals surface area contributed by atoms with Crippen molar-refractivity contribution >= 4 is 5.96 Å². The lowest BCUT2D eigenvalue weighted by Gasteiger charge is -2.13. The number of benzene rings is 1. The van der Waals surface area contributed by atoms with E-state index in [-0.39, 0.29) is 0 Å². The number of hydrogen-bond acceptors (Lipinski definition) is 5. The lowest BCUT2D eigenvalue weighted by atomic mass is 10.2. The van der Waals surface area contributed by atoms with E-state index in [9.17, 15) is 0 Å². The second kappa shape index (κ2) is 12.2. The predicted molar refractivity (Wildman–Crippen MR) is 118 cm³/mol. The quantitative estimate of drug-likeness (QED) is 0.353. The monoisotopic (exact) mass is 414 g/mol. The molecule has 0 fully saturated rings. The van der Waals surface area contributed by atoms with Crippen LogP contribution >= 0.6 is 0 Å². The molecular formula is C22H34N6O2. The molecule has 1 aliphatic rings. The molecule has 2 aromatic rings. The van der Waals surface area contributed by atoms with Crippen molar-refractivity contribution < 1.29 is 9.47 Å². The molecule has 3 rings (SSSR count). The van der Waals surface area contributed by atoms with Crippen molar-refractivity contribution in [3.05, 3.63) is 41.5 Å². The maximum atomic E-state index is 5.43. The number of rotatable bonds is 10. The number of nitrogens with zero attached hydrogens (tertiary/aromatic N) is 4. The van der Waals surface area contributed by atoms with Crippen LogP contribution in [-0.4, -0.2) is 47.6 Å². The smallest absolute Gasteiger partial charge is 0.191 e. The molecule has 0 radical (unpaired) electrons. The first-order chi connectivity index (χ1) is 14.8. The standard InChI is InChI=1S/C22H34N6O2/c1-3-30-15-7-13-23-22(24-16-18-9-11-19(29-2)12-10-18)25-17-21-27-26-20-8-5-4-6-14-28(20)21/h9-12H,3-8,13-17H2,1-2H3,(H2,23,24,25). The van der Waals surface area contributed by atoms with Gasteiger partial charge in [-0.25, -0.2) is 4.99 Å². The number of nitrogens with one attached hydrogen (secondary N) is 2. The first kappa shape index (κ1) is 22.1. The van der Waals surface area contributed by atoms with Crippen molar-refractivity contribution in [1.82, 2.24) is 25.4 Å². The van der Waals surface area contributed by atoms with Crippen LogP contribution in [0.1, 0.15) is 49.8 Å². The topological polar surface area (TPSA) is 85.6 Å². The summed E-state index contributed by atoms with van der Waals surface area (Å²) < 4.78 is 12.9. The highest BCUT2D eigenvalue weighted by atomic mass is 16.5. The van der Waals surface area contributed by atoms with E-state index in [1.165, 1.54) is 19.3 Å². The van der Waals surface area contributed by atoms with E-state index in [0.717, 1.165) is 68.1 Å². The molecule has 0 saturated heterocycles. The Hall–Kier alpha value is -2.61. The van der Waals surface area contributed by atoms with Crippen molar-refractivity contribution in [2.45, 2.75) is 58.7 Å². The molecule has 0 atom stereocenters. The van der Waals surface area contributed by atoms with E-state index in [0.29, 0.717) is 13.1 Å². The molecule has 8 heteroatoms. The third-order valence-corrected chi connectivity index (χ3v) is 5.14.